The molecule has 4 aromatic rings. The third-order valence-electron chi connectivity index (χ3n) is 4.60. The predicted molar refractivity (Wildman–Crippen MR) is 122 cm³/mol. The zero-order chi connectivity index (χ0) is 21.6. The summed E-state index contributed by atoms with van der Waals surface area (Å²) in [6.07, 6.45) is 3.82. The molecule has 2 heterocycles. The van der Waals surface area contributed by atoms with Crippen LogP contribution in [-0.4, -0.2) is 32.9 Å². The first kappa shape index (κ1) is 20.5. The third-order valence-corrected chi connectivity index (χ3v) is 5.57. The van der Waals surface area contributed by atoms with Gasteiger partial charge in [-0.3, -0.25) is 9.59 Å². The highest BCUT2D eigenvalue weighted by atomic mass is 32.1. The van der Waals surface area contributed by atoms with Crippen LogP contribution in [0.5, 0.6) is 0 Å². The number of rotatable bonds is 7. The number of nitrogens with one attached hydrogen (secondary N) is 2. The number of carbonyl (C=O) groups excluding carboxylic acids is 2. The molecule has 4 rings (SSSR count). The van der Waals surface area contributed by atoms with Gasteiger partial charge in [0.15, 0.2) is 11.0 Å². The molecule has 0 fully saturated rings. The monoisotopic (exact) mass is 431 g/mol. The van der Waals surface area contributed by atoms with Crippen LogP contribution in [-0.2, 0) is 23.1 Å². The average molecular weight is 432 g/mol. The first-order chi connectivity index (χ1) is 15.1. The number of anilines is 1. The van der Waals surface area contributed by atoms with Crippen LogP contribution in [0.25, 0.3) is 22.0 Å². The molecule has 2 N–H and O–H groups in total. The molecular formula is C23H21N5O2S. The van der Waals surface area contributed by atoms with Gasteiger partial charge in [0, 0.05) is 25.0 Å². The lowest BCUT2D eigenvalue weighted by molar-refractivity contribution is -0.123. The van der Waals surface area contributed by atoms with Gasteiger partial charge in [0.25, 0.3) is 0 Å². The Morgan fingerprint density at radius 3 is 2.39 bits per heavy atom. The van der Waals surface area contributed by atoms with E-state index < -0.39 is 0 Å². The molecule has 2 aromatic carbocycles. The number of imidazole rings is 1. The van der Waals surface area contributed by atoms with Gasteiger partial charge in [0.2, 0.25) is 11.8 Å². The molecule has 0 aliphatic rings. The van der Waals surface area contributed by atoms with Gasteiger partial charge < -0.3 is 15.2 Å². The zero-order valence-electron chi connectivity index (χ0n) is 16.9. The maximum absolute atomic E-state index is 12.4. The average Bonchev–Trinajstić information content (AvgIpc) is 3.39. The van der Waals surface area contributed by atoms with Gasteiger partial charge in [-0.1, -0.05) is 72.0 Å². The summed E-state index contributed by atoms with van der Waals surface area (Å²) in [6, 6.07) is 19.2. The summed E-state index contributed by atoms with van der Waals surface area (Å²) < 4.78 is 1.91. The van der Waals surface area contributed by atoms with Crippen molar-refractivity contribution in [2.75, 3.05) is 11.9 Å². The Balaban J connectivity index is 1.46. The number of nitrogens with zero attached hydrogens (tertiary/aromatic N) is 3. The van der Waals surface area contributed by atoms with Crippen LogP contribution in [0.15, 0.2) is 73.1 Å². The molecule has 0 aliphatic heterocycles. The van der Waals surface area contributed by atoms with Crippen LogP contribution in [0.3, 0.4) is 0 Å². The van der Waals surface area contributed by atoms with Crippen molar-refractivity contribution in [3.8, 4) is 22.0 Å². The van der Waals surface area contributed by atoms with Crippen LogP contribution >= 0.6 is 11.3 Å². The fraction of sp³-hybridized carbons (Fsp3) is 0.130. The van der Waals surface area contributed by atoms with Gasteiger partial charge in [-0.25, -0.2) is 9.97 Å². The van der Waals surface area contributed by atoms with E-state index in [1.807, 2.05) is 78.5 Å². The molecule has 0 unspecified atom stereocenters. The number of benzene rings is 2. The normalized spacial score (nSPS) is 10.6. The summed E-state index contributed by atoms with van der Waals surface area (Å²) >= 11 is 1.35. The van der Waals surface area contributed by atoms with Crippen LogP contribution in [0.2, 0.25) is 0 Å². The highest BCUT2D eigenvalue weighted by Gasteiger charge is 2.19. The van der Waals surface area contributed by atoms with E-state index in [0.717, 1.165) is 27.5 Å². The van der Waals surface area contributed by atoms with Crippen molar-refractivity contribution in [3.63, 3.8) is 0 Å². The molecule has 0 bridgehead atoms. The molecule has 0 spiro atoms. The SMILES string of the molecule is Cn1ccnc1-c1sc(NC(=O)CNC(=O)Cc2ccccc2)nc1-c1ccccc1. The lowest BCUT2D eigenvalue weighted by Crippen LogP contribution is -2.33. The smallest absolute Gasteiger partial charge is 0.245 e. The molecule has 0 atom stereocenters. The van der Waals surface area contributed by atoms with Crippen molar-refractivity contribution in [1.82, 2.24) is 19.9 Å². The predicted octanol–water partition coefficient (Wildman–Crippen LogP) is 3.51. The molecule has 0 aliphatic carbocycles. The lowest BCUT2D eigenvalue weighted by atomic mass is 10.1. The Morgan fingerprint density at radius 2 is 1.71 bits per heavy atom. The number of hydrogen-bond acceptors (Lipinski definition) is 5. The fourth-order valence-corrected chi connectivity index (χ4v) is 4.13. The van der Waals surface area contributed by atoms with Crippen LogP contribution in [0.1, 0.15) is 5.56 Å². The molecule has 156 valence electrons. The van der Waals surface area contributed by atoms with E-state index in [-0.39, 0.29) is 24.8 Å². The van der Waals surface area contributed by atoms with Crippen LogP contribution in [0, 0.1) is 0 Å². The van der Waals surface area contributed by atoms with Crippen molar-refractivity contribution >= 4 is 28.3 Å². The highest BCUT2D eigenvalue weighted by molar-refractivity contribution is 7.19. The van der Waals surface area contributed by atoms with E-state index in [1.165, 1.54) is 11.3 Å². The second-order valence-electron chi connectivity index (χ2n) is 6.91. The standard InChI is InChI=1S/C23H21N5O2S/c1-28-13-12-24-22(28)21-20(17-10-6-3-7-11-17)27-23(31-21)26-19(30)15-25-18(29)14-16-8-4-2-5-9-16/h2-13H,14-15H2,1H3,(H,25,29)(H,26,27,30). The summed E-state index contributed by atoms with van der Waals surface area (Å²) in [5, 5.41) is 5.90. The van der Waals surface area contributed by atoms with E-state index in [1.54, 1.807) is 6.20 Å². The van der Waals surface area contributed by atoms with E-state index in [2.05, 4.69) is 20.6 Å². The number of carbonyl (C=O) groups is 2. The topological polar surface area (TPSA) is 88.9 Å². The minimum absolute atomic E-state index is 0.121. The summed E-state index contributed by atoms with van der Waals surface area (Å²) in [4.78, 5) is 34.4. The number of amides is 2. The van der Waals surface area contributed by atoms with Gasteiger partial charge in [-0.2, -0.15) is 0 Å². The Morgan fingerprint density at radius 1 is 1.00 bits per heavy atom. The first-order valence-corrected chi connectivity index (χ1v) is 10.6. The van der Waals surface area contributed by atoms with Crippen molar-refractivity contribution < 1.29 is 9.59 Å². The largest absolute Gasteiger partial charge is 0.347 e. The van der Waals surface area contributed by atoms with Crippen molar-refractivity contribution in [3.05, 3.63) is 78.6 Å². The second-order valence-corrected chi connectivity index (χ2v) is 7.91. The number of hydrogen-bond donors (Lipinski definition) is 2. The Hall–Kier alpha value is -3.78. The van der Waals surface area contributed by atoms with Gasteiger partial charge in [-0.15, -0.1) is 0 Å². The molecule has 2 amide bonds. The van der Waals surface area contributed by atoms with Crippen LogP contribution in [0.4, 0.5) is 5.13 Å². The molecule has 7 nitrogen and oxygen atoms in total. The molecule has 8 heteroatoms. The van der Waals surface area contributed by atoms with Crippen molar-refractivity contribution in [2.45, 2.75) is 6.42 Å². The van der Waals surface area contributed by atoms with Crippen LogP contribution < -0.4 is 10.6 Å². The van der Waals surface area contributed by atoms with E-state index in [4.69, 9.17) is 0 Å². The maximum Gasteiger partial charge on any atom is 0.245 e. The second kappa shape index (κ2) is 9.36. The summed E-state index contributed by atoms with van der Waals surface area (Å²) in [7, 11) is 1.91. The number of aryl methyl sites for hydroxylation is 1. The third kappa shape index (κ3) is 5.04. The Bertz CT molecular complexity index is 1190. The van der Waals surface area contributed by atoms with E-state index in [0.29, 0.717) is 5.13 Å². The number of thiazole rings is 1. The maximum atomic E-state index is 12.4. The summed E-state index contributed by atoms with van der Waals surface area (Å²) in [6.45, 7) is -0.121. The lowest BCUT2D eigenvalue weighted by Gasteiger charge is -2.05. The highest BCUT2D eigenvalue weighted by Crippen LogP contribution is 2.37. The van der Waals surface area contributed by atoms with E-state index in [9.17, 15) is 9.59 Å². The van der Waals surface area contributed by atoms with Gasteiger partial charge in [0.05, 0.1) is 23.5 Å². The molecule has 0 saturated carbocycles. The minimum Gasteiger partial charge on any atom is -0.347 e. The Labute approximate surface area is 183 Å². The summed E-state index contributed by atoms with van der Waals surface area (Å²) in [5.74, 6) is 0.230. The van der Waals surface area contributed by atoms with Gasteiger partial charge in [-0.05, 0) is 5.56 Å². The first-order valence-electron chi connectivity index (χ1n) is 9.74. The molecule has 2 aromatic heterocycles. The minimum atomic E-state index is -0.332. The van der Waals surface area contributed by atoms with Gasteiger partial charge in [0.1, 0.15) is 0 Å². The molecule has 0 radical (unpaired) electrons. The quantitative estimate of drug-likeness (QED) is 0.469. The van der Waals surface area contributed by atoms with Crippen molar-refractivity contribution in [2.24, 2.45) is 7.05 Å². The number of aromatic nitrogens is 3. The molecular weight excluding hydrogens is 410 g/mol. The molecule has 31 heavy (non-hydrogen) atoms. The molecule has 0 saturated heterocycles. The van der Waals surface area contributed by atoms with Crippen molar-refractivity contribution in [1.29, 1.82) is 0 Å². The zero-order valence-corrected chi connectivity index (χ0v) is 17.7. The fourth-order valence-electron chi connectivity index (χ4n) is 3.09. The Kier molecular flexibility index (Phi) is 6.18. The van der Waals surface area contributed by atoms with Gasteiger partial charge >= 0.3 is 0 Å². The van der Waals surface area contributed by atoms with E-state index >= 15 is 0 Å². The summed E-state index contributed by atoms with van der Waals surface area (Å²) in [5.41, 5.74) is 2.59.